The van der Waals surface area contributed by atoms with Gasteiger partial charge < -0.3 is 16.4 Å². The van der Waals surface area contributed by atoms with Crippen LogP contribution in [0, 0.1) is 5.92 Å². The Labute approximate surface area is 114 Å². The molecule has 2 atom stereocenters. The number of hydrogen-bond acceptors (Lipinski definition) is 4. The van der Waals surface area contributed by atoms with Crippen LogP contribution >= 0.6 is 0 Å². The Morgan fingerprint density at radius 2 is 2.16 bits per heavy atom. The highest BCUT2D eigenvalue weighted by molar-refractivity contribution is 5.91. The van der Waals surface area contributed by atoms with E-state index in [0.717, 1.165) is 12.2 Å². The molecule has 1 heterocycles. The van der Waals surface area contributed by atoms with E-state index in [1.165, 1.54) is 19.3 Å². The lowest BCUT2D eigenvalue weighted by atomic mass is 9.84. The molecule has 0 saturated heterocycles. The van der Waals surface area contributed by atoms with E-state index in [1.54, 1.807) is 6.07 Å². The van der Waals surface area contributed by atoms with Gasteiger partial charge in [-0.2, -0.15) is 0 Å². The minimum absolute atomic E-state index is 0.310. The molecule has 2 rings (SSSR count). The fourth-order valence-electron chi connectivity index (χ4n) is 2.90. The Morgan fingerprint density at radius 1 is 1.42 bits per heavy atom. The molecule has 1 fully saturated rings. The molecule has 1 saturated carbocycles. The fraction of sp³-hybridized carbons (Fsp3) is 0.571. The first-order valence-electron chi connectivity index (χ1n) is 6.83. The van der Waals surface area contributed by atoms with Gasteiger partial charge in [0.05, 0.1) is 0 Å². The highest BCUT2D eigenvalue weighted by Crippen LogP contribution is 2.29. The second-order valence-electron chi connectivity index (χ2n) is 5.20. The van der Waals surface area contributed by atoms with Gasteiger partial charge in [-0.05, 0) is 37.4 Å². The van der Waals surface area contributed by atoms with Crippen LogP contribution in [0.1, 0.15) is 36.2 Å². The van der Waals surface area contributed by atoms with Crippen LogP contribution in [0.25, 0.3) is 0 Å². The molecule has 0 aliphatic heterocycles. The summed E-state index contributed by atoms with van der Waals surface area (Å²) in [5.41, 5.74) is 11.5. The smallest absolute Gasteiger partial charge is 0.267 e. The van der Waals surface area contributed by atoms with Gasteiger partial charge in [0.25, 0.3) is 5.91 Å². The summed E-state index contributed by atoms with van der Waals surface area (Å²) in [6, 6.07) is 5.77. The van der Waals surface area contributed by atoms with Gasteiger partial charge in [-0.3, -0.25) is 4.79 Å². The average molecular weight is 262 g/mol. The molecule has 5 heteroatoms. The quantitative estimate of drug-likeness (QED) is 0.852. The van der Waals surface area contributed by atoms with Crippen molar-refractivity contribution in [1.29, 1.82) is 0 Å². The molecule has 0 radical (unpaired) electrons. The average Bonchev–Trinajstić information content (AvgIpc) is 2.46. The number of pyridine rings is 1. The van der Waals surface area contributed by atoms with Gasteiger partial charge in [-0.1, -0.05) is 18.9 Å². The van der Waals surface area contributed by atoms with Gasteiger partial charge >= 0.3 is 0 Å². The second kappa shape index (κ2) is 6.02. The zero-order chi connectivity index (χ0) is 13.8. The van der Waals surface area contributed by atoms with Crippen molar-refractivity contribution in [3.63, 3.8) is 0 Å². The van der Waals surface area contributed by atoms with Crippen LogP contribution in [0.5, 0.6) is 0 Å². The Balaban J connectivity index is 2.20. The number of anilines is 1. The molecule has 0 aromatic carbocycles. The molecular formula is C14H22N4O. The molecule has 5 nitrogen and oxygen atoms in total. The summed E-state index contributed by atoms with van der Waals surface area (Å²) in [6.07, 6.45) is 4.77. The summed E-state index contributed by atoms with van der Waals surface area (Å²) in [7, 11) is 2.02. The number of primary amides is 1. The van der Waals surface area contributed by atoms with Gasteiger partial charge in [0.1, 0.15) is 11.5 Å². The first kappa shape index (κ1) is 13.8. The lowest BCUT2D eigenvalue weighted by Gasteiger charge is -2.38. The van der Waals surface area contributed by atoms with Crippen molar-refractivity contribution in [2.45, 2.75) is 31.7 Å². The van der Waals surface area contributed by atoms with E-state index in [2.05, 4.69) is 9.88 Å². The molecule has 1 aromatic heterocycles. The molecule has 1 aliphatic rings. The zero-order valence-corrected chi connectivity index (χ0v) is 11.4. The first-order valence-corrected chi connectivity index (χ1v) is 6.83. The topological polar surface area (TPSA) is 85.2 Å². The predicted octanol–water partition coefficient (Wildman–Crippen LogP) is 1.13. The third-order valence-corrected chi connectivity index (χ3v) is 4.02. The first-order chi connectivity index (χ1) is 9.13. The number of nitrogens with zero attached hydrogens (tertiary/aromatic N) is 2. The number of carbonyl (C=O) groups excluding carboxylic acids is 1. The second-order valence-corrected chi connectivity index (χ2v) is 5.20. The highest BCUT2D eigenvalue weighted by Gasteiger charge is 2.28. The number of rotatable bonds is 4. The Kier molecular flexibility index (Phi) is 4.37. The number of hydrogen-bond donors (Lipinski definition) is 2. The molecule has 2 unspecified atom stereocenters. The largest absolute Gasteiger partial charge is 0.364 e. The van der Waals surface area contributed by atoms with Gasteiger partial charge in [0.2, 0.25) is 0 Å². The standard InChI is InChI=1S/C14H22N4O/c1-18(12-7-3-2-5-10(12)9-15)13-8-4-6-11(17-13)14(16)19/h4,6,8,10,12H,2-3,5,7,9,15H2,1H3,(H2,16,19). The molecule has 1 amide bonds. The van der Waals surface area contributed by atoms with Crippen molar-refractivity contribution in [2.24, 2.45) is 17.4 Å². The van der Waals surface area contributed by atoms with Crippen molar-refractivity contribution in [2.75, 3.05) is 18.5 Å². The summed E-state index contributed by atoms with van der Waals surface area (Å²) in [4.78, 5) is 17.7. The van der Waals surface area contributed by atoms with Crippen LogP contribution < -0.4 is 16.4 Å². The van der Waals surface area contributed by atoms with Crippen molar-refractivity contribution < 1.29 is 4.79 Å². The normalized spacial score (nSPS) is 23.1. The SMILES string of the molecule is CN(c1cccc(C(N)=O)n1)C1CCCCC1CN. The lowest BCUT2D eigenvalue weighted by Crippen LogP contribution is -2.43. The van der Waals surface area contributed by atoms with Crippen LogP contribution in [-0.4, -0.2) is 30.5 Å². The van der Waals surface area contributed by atoms with Gasteiger partial charge in [0.15, 0.2) is 0 Å². The minimum atomic E-state index is -0.491. The Hall–Kier alpha value is -1.62. The Bertz CT molecular complexity index is 449. The van der Waals surface area contributed by atoms with E-state index in [1.807, 2.05) is 19.2 Å². The maximum Gasteiger partial charge on any atom is 0.267 e. The van der Waals surface area contributed by atoms with E-state index >= 15 is 0 Å². The number of nitrogens with two attached hydrogens (primary N) is 2. The fourth-order valence-corrected chi connectivity index (χ4v) is 2.90. The van der Waals surface area contributed by atoms with Crippen molar-refractivity contribution in [1.82, 2.24) is 4.98 Å². The zero-order valence-electron chi connectivity index (χ0n) is 11.4. The van der Waals surface area contributed by atoms with Crippen LogP contribution in [0.4, 0.5) is 5.82 Å². The summed E-state index contributed by atoms with van der Waals surface area (Å²) < 4.78 is 0. The van der Waals surface area contributed by atoms with Crippen molar-refractivity contribution in [3.8, 4) is 0 Å². The predicted molar refractivity (Wildman–Crippen MR) is 76.0 cm³/mol. The van der Waals surface area contributed by atoms with Crippen molar-refractivity contribution in [3.05, 3.63) is 23.9 Å². The van der Waals surface area contributed by atoms with E-state index in [9.17, 15) is 4.79 Å². The van der Waals surface area contributed by atoms with E-state index < -0.39 is 5.91 Å². The van der Waals surface area contributed by atoms with E-state index in [4.69, 9.17) is 11.5 Å². The van der Waals surface area contributed by atoms with Crippen LogP contribution in [-0.2, 0) is 0 Å². The molecule has 1 aromatic rings. The van der Waals surface area contributed by atoms with Gasteiger partial charge in [0, 0.05) is 13.1 Å². The molecule has 4 N–H and O–H groups in total. The monoisotopic (exact) mass is 262 g/mol. The summed E-state index contributed by atoms with van der Waals surface area (Å²) >= 11 is 0. The number of amides is 1. The van der Waals surface area contributed by atoms with Gasteiger partial charge in [-0.25, -0.2) is 4.98 Å². The number of aromatic nitrogens is 1. The van der Waals surface area contributed by atoms with Crippen LogP contribution in [0.3, 0.4) is 0 Å². The van der Waals surface area contributed by atoms with Gasteiger partial charge in [-0.15, -0.1) is 0 Å². The Morgan fingerprint density at radius 3 is 2.84 bits per heavy atom. The molecule has 0 spiro atoms. The molecule has 1 aliphatic carbocycles. The maximum absolute atomic E-state index is 11.2. The summed E-state index contributed by atoms with van der Waals surface area (Å²) in [5.74, 6) is 0.800. The summed E-state index contributed by atoms with van der Waals surface area (Å²) in [6.45, 7) is 0.699. The highest BCUT2D eigenvalue weighted by atomic mass is 16.1. The van der Waals surface area contributed by atoms with E-state index in [0.29, 0.717) is 24.2 Å². The molecular weight excluding hydrogens is 240 g/mol. The van der Waals surface area contributed by atoms with Crippen LogP contribution in [0.15, 0.2) is 18.2 Å². The minimum Gasteiger partial charge on any atom is -0.364 e. The number of carbonyl (C=O) groups is 1. The lowest BCUT2D eigenvalue weighted by molar-refractivity contribution is 0.0995. The molecule has 104 valence electrons. The molecule has 0 bridgehead atoms. The maximum atomic E-state index is 11.2. The van der Waals surface area contributed by atoms with Crippen molar-refractivity contribution >= 4 is 11.7 Å². The van der Waals surface area contributed by atoms with E-state index in [-0.39, 0.29) is 0 Å². The molecule has 19 heavy (non-hydrogen) atoms. The third-order valence-electron chi connectivity index (χ3n) is 4.02. The summed E-state index contributed by atoms with van der Waals surface area (Å²) in [5, 5.41) is 0. The third kappa shape index (κ3) is 3.04. The van der Waals surface area contributed by atoms with Crippen LogP contribution in [0.2, 0.25) is 0 Å².